The zero-order chi connectivity index (χ0) is 29.0. The molecule has 0 aliphatic heterocycles. The Morgan fingerprint density at radius 2 is 0.972 bits per heavy atom. The van der Waals surface area contributed by atoms with E-state index in [0.717, 1.165) is 18.2 Å². The van der Waals surface area contributed by atoms with Crippen molar-refractivity contribution in [1.82, 2.24) is 0 Å². The van der Waals surface area contributed by atoms with Gasteiger partial charge in [0.05, 0.1) is 6.10 Å². The first kappa shape index (κ1) is 32.5. The van der Waals surface area contributed by atoms with Gasteiger partial charge in [0.1, 0.15) is 0 Å². The summed E-state index contributed by atoms with van der Waals surface area (Å²) in [5, 5.41) is 0. The van der Waals surface area contributed by atoms with Crippen LogP contribution in [0, 0.1) is 0 Å². The molecule has 36 heavy (non-hydrogen) atoms. The lowest BCUT2D eigenvalue weighted by molar-refractivity contribution is -0.462. The molecule has 1 rings (SSSR count). The zero-order valence-corrected chi connectivity index (χ0v) is 18.4. The summed E-state index contributed by atoms with van der Waals surface area (Å²) in [5.41, 5.74) is -0.507. The fourth-order valence-electron chi connectivity index (χ4n) is 2.61. The summed E-state index contributed by atoms with van der Waals surface area (Å²) in [4.78, 5) is 0. The van der Waals surface area contributed by atoms with E-state index in [4.69, 9.17) is 0 Å². The van der Waals surface area contributed by atoms with Gasteiger partial charge in [0.2, 0.25) is 0 Å². The highest BCUT2D eigenvalue weighted by Crippen LogP contribution is 2.64. The minimum absolute atomic E-state index is 0.200. The molecule has 1 aromatic rings. The molecular weight excluding hydrogens is 623 g/mol. The normalized spacial score (nSPS) is 16.3. The molecule has 0 saturated carbocycles. The number of rotatable bonds is 10. The molecule has 0 spiro atoms. The molecule has 0 amide bonds. The van der Waals surface area contributed by atoms with Crippen LogP contribution in [0.15, 0.2) is 28.7 Å². The van der Waals surface area contributed by atoms with Gasteiger partial charge in [0.15, 0.2) is 0 Å². The van der Waals surface area contributed by atoms with E-state index in [1.165, 1.54) is 6.07 Å². The minimum atomic E-state index is -8.65. The number of benzene rings is 1. The van der Waals surface area contributed by atoms with Crippen LogP contribution in [0.4, 0.5) is 74.6 Å². The van der Waals surface area contributed by atoms with Gasteiger partial charge in [-0.15, -0.1) is 0 Å². The molecule has 0 bridgehead atoms. The molecule has 0 radical (unpaired) electrons. The molecule has 1 atom stereocenters. The van der Waals surface area contributed by atoms with Crippen molar-refractivity contribution in [1.29, 1.82) is 0 Å². The highest BCUT2D eigenvalue weighted by molar-refractivity contribution is 9.10. The van der Waals surface area contributed by atoms with Gasteiger partial charge in [-0.1, -0.05) is 34.1 Å². The summed E-state index contributed by atoms with van der Waals surface area (Å²) < 4.78 is 231. The van der Waals surface area contributed by atoms with Gasteiger partial charge in [-0.25, -0.2) is 0 Å². The fraction of sp³-hybridized carbons (Fsp3) is 0.647. The van der Waals surface area contributed by atoms with E-state index >= 15 is 0 Å². The van der Waals surface area contributed by atoms with Crippen LogP contribution in [-0.2, 0) is 4.74 Å². The Morgan fingerprint density at radius 1 is 0.611 bits per heavy atom. The van der Waals surface area contributed by atoms with Crippen molar-refractivity contribution in [3.05, 3.63) is 34.3 Å². The molecule has 1 unspecified atom stereocenters. The predicted molar refractivity (Wildman–Crippen MR) is 89.2 cm³/mol. The van der Waals surface area contributed by atoms with Gasteiger partial charge >= 0.3 is 47.6 Å². The quantitative estimate of drug-likeness (QED) is 0.235. The Morgan fingerprint density at radius 3 is 1.33 bits per heavy atom. The van der Waals surface area contributed by atoms with E-state index in [1.54, 1.807) is 0 Å². The van der Waals surface area contributed by atoms with E-state index in [0.29, 0.717) is 7.11 Å². The average molecular weight is 633 g/mol. The van der Waals surface area contributed by atoms with Gasteiger partial charge in [-0.05, 0) is 11.6 Å². The number of hydrogen-bond donors (Lipinski definition) is 0. The molecule has 19 heteroatoms. The Hall–Kier alpha value is -1.53. The number of halogens is 18. The van der Waals surface area contributed by atoms with E-state index in [1.807, 2.05) is 0 Å². The average Bonchev–Trinajstić information content (AvgIpc) is 2.70. The lowest BCUT2D eigenvalue weighted by Crippen LogP contribution is -2.74. The lowest BCUT2D eigenvalue weighted by atomic mass is 9.87. The van der Waals surface area contributed by atoms with Crippen molar-refractivity contribution in [2.24, 2.45) is 0 Å². The van der Waals surface area contributed by atoms with Crippen molar-refractivity contribution in [3.8, 4) is 0 Å². The van der Waals surface area contributed by atoms with Crippen LogP contribution < -0.4 is 0 Å². The van der Waals surface area contributed by atoms with Crippen LogP contribution in [0.1, 0.15) is 18.1 Å². The third kappa shape index (κ3) is 4.62. The van der Waals surface area contributed by atoms with E-state index in [2.05, 4.69) is 20.7 Å². The Bertz CT molecular complexity index is 924. The van der Waals surface area contributed by atoms with Crippen LogP contribution in [0.3, 0.4) is 0 Å². The van der Waals surface area contributed by atoms with E-state index < -0.39 is 65.7 Å². The molecule has 0 aliphatic carbocycles. The molecular formula is C17H10BrF17O. The van der Waals surface area contributed by atoms with Crippen molar-refractivity contribution in [2.75, 3.05) is 7.11 Å². The highest BCUT2D eigenvalue weighted by atomic mass is 79.9. The number of alkyl halides is 17. The summed E-state index contributed by atoms with van der Waals surface area (Å²) in [6.45, 7) is 0. The second-order valence-electron chi connectivity index (χ2n) is 7.10. The molecule has 1 nitrogen and oxygen atoms in total. The Kier molecular flexibility index (Phi) is 8.43. The van der Waals surface area contributed by atoms with Crippen molar-refractivity contribution in [2.45, 2.75) is 60.2 Å². The molecule has 0 aliphatic rings. The van der Waals surface area contributed by atoms with Gasteiger partial charge in [0.25, 0.3) is 0 Å². The summed E-state index contributed by atoms with van der Waals surface area (Å²) in [6.07, 6.45) is -12.9. The van der Waals surface area contributed by atoms with Crippen LogP contribution in [0.2, 0.25) is 0 Å². The van der Waals surface area contributed by atoms with Gasteiger partial charge in [-0.3, -0.25) is 0 Å². The predicted octanol–water partition coefficient (Wildman–Crippen LogP) is 8.54. The van der Waals surface area contributed by atoms with Crippen LogP contribution in [-0.4, -0.2) is 54.7 Å². The SMILES string of the molecule is COC(CC(F)(F)C(F)(F)C(F)(F)C(F)(F)C(F)(F)C(F)(F)C(F)(F)C(F)(F)F)c1ccccc1Br. The standard InChI is InChI=1S/C17H10BrF17O/c1-36-9(7-4-2-3-5-8(7)18)6-10(19,20)11(21,22)12(23,24)13(25,26)14(27,28)15(29,30)16(31,32)17(33,34)35/h2-5,9H,6H2,1H3. The van der Waals surface area contributed by atoms with E-state index in [9.17, 15) is 74.6 Å². The van der Waals surface area contributed by atoms with Crippen LogP contribution in [0.25, 0.3) is 0 Å². The van der Waals surface area contributed by atoms with Gasteiger partial charge in [0, 0.05) is 18.0 Å². The molecule has 0 fully saturated rings. The molecule has 1 aromatic carbocycles. The second kappa shape index (κ2) is 9.34. The summed E-state index contributed by atoms with van der Waals surface area (Å²) in [7, 11) is 0.527. The van der Waals surface area contributed by atoms with Crippen molar-refractivity contribution in [3.63, 3.8) is 0 Å². The fourth-order valence-corrected chi connectivity index (χ4v) is 3.15. The monoisotopic (exact) mass is 632 g/mol. The smallest absolute Gasteiger partial charge is 0.376 e. The molecule has 210 valence electrons. The van der Waals surface area contributed by atoms with E-state index in [-0.39, 0.29) is 4.47 Å². The first-order valence-corrected chi connectivity index (χ1v) is 9.47. The minimum Gasteiger partial charge on any atom is -0.376 e. The number of methoxy groups -OCH3 is 1. The van der Waals surface area contributed by atoms with Crippen molar-refractivity contribution < 1.29 is 79.4 Å². The molecule has 0 saturated heterocycles. The Balaban J connectivity index is 3.60. The maximum Gasteiger partial charge on any atom is 0.460 e. The molecule has 0 heterocycles. The van der Waals surface area contributed by atoms with Gasteiger partial charge < -0.3 is 4.74 Å². The third-order valence-electron chi connectivity index (χ3n) is 4.77. The van der Waals surface area contributed by atoms with Crippen LogP contribution >= 0.6 is 15.9 Å². The maximum absolute atomic E-state index is 14.2. The van der Waals surface area contributed by atoms with Crippen molar-refractivity contribution >= 4 is 15.9 Å². The molecule has 0 N–H and O–H groups in total. The highest BCUT2D eigenvalue weighted by Gasteiger charge is 2.95. The number of ether oxygens (including phenoxy) is 1. The molecule has 0 aromatic heterocycles. The topological polar surface area (TPSA) is 9.23 Å². The number of hydrogen-bond acceptors (Lipinski definition) is 1. The first-order chi connectivity index (χ1) is 15.7. The van der Waals surface area contributed by atoms with Crippen LogP contribution in [0.5, 0.6) is 0 Å². The summed E-state index contributed by atoms with van der Waals surface area (Å²) in [6, 6.07) is 4.23. The Labute approximate surface area is 197 Å². The first-order valence-electron chi connectivity index (χ1n) is 8.67. The summed E-state index contributed by atoms with van der Waals surface area (Å²) in [5.74, 6) is -56.6. The zero-order valence-electron chi connectivity index (χ0n) is 16.8. The maximum atomic E-state index is 14.2. The third-order valence-corrected chi connectivity index (χ3v) is 5.49. The lowest BCUT2D eigenvalue weighted by Gasteiger charge is -2.43. The van der Waals surface area contributed by atoms with Gasteiger partial charge in [-0.2, -0.15) is 74.6 Å². The second-order valence-corrected chi connectivity index (χ2v) is 7.95. The largest absolute Gasteiger partial charge is 0.460 e. The summed E-state index contributed by atoms with van der Waals surface area (Å²) >= 11 is 2.72.